The smallest absolute Gasteiger partial charge is 0.261 e. The first-order valence-corrected chi connectivity index (χ1v) is 12.7. The van der Waals surface area contributed by atoms with Crippen LogP contribution in [0.3, 0.4) is 0 Å². The maximum absolute atomic E-state index is 12.9. The van der Waals surface area contributed by atoms with Gasteiger partial charge in [-0.3, -0.25) is 9.52 Å². The summed E-state index contributed by atoms with van der Waals surface area (Å²) in [7, 11) is -3.76. The standard InChI is InChI=1S/C26H29N3O4S/c1-19-6-12-23(13-7-19)34(31,32)28-25-5-3-4-24(20(25)2)26(30)27-18-21-8-10-22(11-9-21)29-14-16-33-17-15-29/h3-13,28H,14-18H2,1-2H3,(H,27,30). The topological polar surface area (TPSA) is 87.7 Å². The minimum Gasteiger partial charge on any atom is -0.378 e. The largest absolute Gasteiger partial charge is 0.378 e. The van der Waals surface area contributed by atoms with Crippen molar-refractivity contribution in [3.05, 3.63) is 89.0 Å². The Hall–Kier alpha value is -3.36. The summed E-state index contributed by atoms with van der Waals surface area (Å²) in [6.07, 6.45) is 0. The van der Waals surface area contributed by atoms with Gasteiger partial charge < -0.3 is 15.0 Å². The number of carbonyl (C=O) groups is 1. The molecule has 0 radical (unpaired) electrons. The highest BCUT2D eigenvalue weighted by Crippen LogP contribution is 2.23. The van der Waals surface area contributed by atoms with E-state index in [1.165, 1.54) is 0 Å². The lowest BCUT2D eigenvalue weighted by Crippen LogP contribution is -2.36. The third kappa shape index (κ3) is 5.58. The van der Waals surface area contributed by atoms with E-state index in [2.05, 4.69) is 27.1 Å². The van der Waals surface area contributed by atoms with E-state index in [1.54, 1.807) is 49.4 Å². The lowest BCUT2D eigenvalue weighted by atomic mass is 10.1. The molecule has 7 nitrogen and oxygen atoms in total. The van der Waals surface area contributed by atoms with E-state index in [4.69, 9.17) is 4.74 Å². The third-order valence-corrected chi connectivity index (χ3v) is 7.30. The number of ether oxygens (including phenoxy) is 1. The van der Waals surface area contributed by atoms with Crippen molar-refractivity contribution in [1.82, 2.24) is 5.32 Å². The fraction of sp³-hybridized carbons (Fsp3) is 0.269. The Morgan fingerprint density at radius 2 is 1.62 bits per heavy atom. The number of nitrogens with one attached hydrogen (secondary N) is 2. The predicted octanol–water partition coefficient (Wildman–Crippen LogP) is 3.87. The summed E-state index contributed by atoms with van der Waals surface area (Å²) < 4.78 is 33.6. The molecule has 0 unspecified atom stereocenters. The van der Waals surface area contributed by atoms with E-state index in [9.17, 15) is 13.2 Å². The maximum atomic E-state index is 12.9. The Bertz CT molecular complexity index is 1250. The number of sulfonamides is 1. The monoisotopic (exact) mass is 479 g/mol. The summed E-state index contributed by atoms with van der Waals surface area (Å²) in [4.78, 5) is 15.3. The van der Waals surface area contributed by atoms with Crippen molar-refractivity contribution < 1.29 is 17.9 Å². The predicted molar refractivity (Wildman–Crippen MR) is 134 cm³/mol. The van der Waals surface area contributed by atoms with Gasteiger partial charge in [0.2, 0.25) is 0 Å². The average molecular weight is 480 g/mol. The molecule has 0 aromatic heterocycles. The first kappa shape index (κ1) is 23.8. The molecule has 178 valence electrons. The molecule has 0 atom stereocenters. The van der Waals surface area contributed by atoms with Gasteiger partial charge in [0.05, 0.1) is 23.8 Å². The third-order valence-electron chi connectivity index (χ3n) is 5.92. The molecule has 8 heteroatoms. The van der Waals surface area contributed by atoms with Gasteiger partial charge in [-0.15, -0.1) is 0 Å². The number of carbonyl (C=O) groups excluding carboxylic acids is 1. The lowest BCUT2D eigenvalue weighted by Gasteiger charge is -2.28. The van der Waals surface area contributed by atoms with E-state index in [0.29, 0.717) is 23.4 Å². The summed E-state index contributed by atoms with van der Waals surface area (Å²) in [6.45, 7) is 7.22. The second-order valence-electron chi connectivity index (χ2n) is 8.35. The summed E-state index contributed by atoms with van der Waals surface area (Å²) in [5.74, 6) is -0.258. The van der Waals surface area contributed by atoms with Gasteiger partial charge in [0.25, 0.3) is 15.9 Å². The van der Waals surface area contributed by atoms with E-state index in [-0.39, 0.29) is 10.8 Å². The quantitative estimate of drug-likeness (QED) is 0.537. The summed E-state index contributed by atoms with van der Waals surface area (Å²) >= 11 is 0. The van der Waals surface area contributed by atoms with Crippen molar-refractivity contribution in [3.63, 3.8) is 0 Å². The number of benzene rings is 3. The minimum atomic E-state index is -3.76. The molecule has 1 saturated heterocycles. The average Bonchev–Trinajstić information content (AvgIpc) is 2.85. The van der Waals surface area contributed by atoms with Crippen LogP contribution in [0, 0.1) is 13.8 Å². The van der Waals surface area contributed by atoms with Gasteiger partial charge in [0.1, 0.15) is 0 Å². The van der Waals surface area contributed by atoms with Gasteiger partial charge in [-0.2, -0.15) is 0 Å². The first-order valence-electron chi connectivity index (χ1n) is 11.2. The van der Waals surface area contributed by atoms with Crippen molar-refractivity contribution in [2.24, 2.45) is 0 Å². The maximum Gasteiger partial charge on any atom is 0.261 e. The van der Waals surface area contributed by atoms with Gasteiger partial charge in [-0.25, -0.2) is 8.42 Å². The van der Waals surface area contributed by atoms with Crippen LogP contribution in [0.15, 0.2) is 71.6 Å². The molecule has 0 bridgehead atoms. The first-order chi connectivity index (χ1) is 16.3. The highest BCUT2D eigenvalue weighted by Gasteiger charge is 2.18. The molecule has 0 spiro atoms. The highest BCUT2D eigenvalue weighted by atomic mass is 32.2. The van der Waals surface area contributed by atoms with Gasteiger partial charge in [0.15, 0.2) is 0 Å². The lowest BCUT2D eigenvalue weighted by molar-refractivity contribution is 0.0950. The number of hydrogen-bond donors (Lipinski definition) is 2. The normalized spacial score (nSPS) is 14.0. The molecular formula is C26H29N3O4S. The van der Waals surface area contributed by atoms with Crippen LogP contribution in [0.4, 0.5) is 11.4 Å². The molecule has 1 fully saturated rings. The molecule has 3 aromatic carbocycles. The number of aryl methyl sites for hydroxylation is 1. The van der Waals surface area contributed by atoms with Gasteiger partial charge in [-0.05, 0) is 61.4 Å². The number of nitrogens with zero attached hydrogens (tertiary/aromatic N) is 1. The molecule has 1 heterocycles. The Morgan fingerprint density at radius 1 is 0.941 bits per heavy atom. The zero-order valence-corrected chi connectivity index (χ0v) is 20.2. The highest BCUT2D eigenvalue weighted by molar-refractivity contribution is 7.92. The van der Waals surface area contributed by atoms with Crippen LogP contribution in [0.5, 0.6) is 0 Å². The molecule has 1 aliphatic heterocycles. The summed E-state index contributed by atoms with van der Waals surface area (Å²) in [6, 6.07) is 19.8. The Labute approximate surface area is 200 Å². The molecule has 1 aliphatic rings. The van der Waals surface area contributed by atoms with Crippen LogP contribution in [0.1, 0.15) is 27.0 Å². The van der Waals surface area contributed by atoms with Crippen molar-refractivity contribution in [2.75, 3.05) is 35.9 Å². The zero-order valence-electron chi connectivity index (χ0n) is 19.4. The summed E-state index contributed by atoms with van der Waals surface area (Å²) in [5, 5.41) is 2.93. The van der Waals surface area contributed by atoms with Crippen LogP contribution in [0.2, 0.25) is 0 Å². The number of morpholine rings is 1. The van der Waals surface area contributed by atoms with Gasteiger partial charge >= 0.3 is 0 Å². The number of hydrogen-bond acceptors (Lipinski definition) is 5. The van der Waals surface area contributed by atoms with Crippen molar-refractivity contribution in [1.29, 1.82) is 0 Å². The number of amides is 1. The van der Waals surface area contributed by atoms with Crippen LogP contribution in [-0.2, 0) is 21.3 Å². The fourth-order valence-electron chi connectivity index (χ4n) is 3.84. The van der Waals surface area contributed by atoms with Crippen LogP contribution in [0.25, 0.3) is 0 Å². The van der Waals surface area contributed by atoms with E-state index >= 15 is 0 Å². The van der Waals surface area contributed by atoms with Crippen LogP contribution < -0.4 is 14.9 Å². The molecule has 0 aliphatic carbocycles. The summed E-state index contributed by atoms with van der Waals surface area (Å²) in [5.41, 5.74) is 4.47. The minimum absolute atomic E-state index is 0.174. The van der Waals surface area contributed by atoms with E-state index in [1.807, 2.05) is 19.1 Å². The van der Waals surface area contributed by atoms with Crippen LogP contribution in [-0.4, -0.2) is 40.6 Å². The number of rotatable bonds is 7. The molecule has 1 amide bonds. The van der Waals surface area contributed by atoms with Crippen molar-refractivity contribution in [2.45, 2.75) is 25.3 Å². The Morgan fingerprint density at radius 3 is 2.29 bits per heavy atom. The van der Waals surface area contributed by atoms with Crippen LogP contribution >= 0.6 is 0 Å². The Kier molecular flexibility index (Phi) is 7.19. The van der Waals surface area contributed by atoms with Crippen molar-refractivity contribution >= 4 is 27.3 Å². The molecule has 0 saturated carbocycles. The second kappa shape index (κ2) is 10.3. The molecule has 34 heavy (non-hydrogen) atoms. The Balaban J connectivity index is 1.42. The SMILES string of the molecule is Cc1ccc(S(=O)(=O)Nc2cccc(C(=O)NCc3ccc(N4CCOCC4)cc3)c2C)cc1. The zero-order chi connectivity index (χ0) is 24.1. The molecule has 2 N–H and O–H groups in total. The number of anilines is 2. The van der Waals surface area contributed by atoms with Gasteiger partial charge in [-0.1, -0.05) is 35.9 Å². The van der Waals surface area contributed by atoms with E-state index in [0.717, 1.165) is 43.1 Å². The molecule has 4 rings (SSSR count). The van der Waals surface area contributed by atoms with Crippen molar-refractivity contribution in [3.8, 4) is 0 Å². The van der Waals surface area contributed by atoms with Gasteiger partial charge in [0, 0.05) is 30.9 Å². The fourth-order valence-corrected chi connectivity index (χ4v) is 4.96. The molecule has 3 aromatic rings. The molecular weight excluding hydrogens is 450 g/mol. The van der Waals surface area contributed by atoms with E-state index < -0.39 is 10.0 Å². The second-order valence-corrected chi connectivity index (χ2v) is 10.0.